The lowest BCUT2D eigenvalue weighted by molar-refractivity contribution is -0.384. The van der Waals surface area contributed by atoms with Crippen LogP contribution in [0.3, 0.4) is 0 Å². The van der Waals surface area contributed by atoms with Crippen molar-refractivity contribution in [1.82, 2.24) is 9.80 Å². The van der Waals surface area contributed by atoms with E-state index >= 15 is 0 Å². The molecular weight excluding hydrogens is 526 g/mol. The number of Topliss-reactive ketones (excluding diaryl/α,β-unsaturated/α-hetero) is 1. The molecule has 1 amide bonds. The second kappa shape index (κ2) is 12.3. The Labute approximate surface area is 237 Å². The van der Waals surface area contributed by atoms with E-state index < -0.39 is 22.7 Å². The average Bonchev–Trinajstić information content (AvgIpc) is 3.25. The summed E-state index contributed by atoms with van der Waals surface area (Å²) in [5.74, 6) is -1.21. The summed E-state index contributed by atoms with van der Waals surface area (Å²) in [5, 5.41) is 22.7. The summed E-state index contributed by atoms with van der Waals surface area (Å²) in [6.45, 7) is 5.54. The van der Waals surface area contributed by atoms with Crippen molar-refractivity contribution in [1.29, 1.82) is 0 Å². The molecule has 0 bridgehead atoms. The molecule has 1 N–H and O–H groups in total. The lowest BCUT2D eigenvalue weighted by Crippen LogP contribution is -2.42. The highest BCUT2D eigenvalue weighted by molar-refractivity contribution is 6.46. The minimum absolute atomic E-state index is 0.0492. The van der Waals surface area contributed by atoms with Gasteiger partial charge in [-0.2, -0.15) is 0 Å². The third kappa shape index (κ3) is 6.13. The van der Waals surface area contributed by atoms with Crippen molar-refractivity contribution < 1.29 is 29.1 Å². The average molecular weight is 558 g/mol. The van der Waals surface area contributed by atoms with Crippen molar-refractivity contribution in [3.63, 3.8) is 0 Å². The van der Waals surface area contributed by atoms with Gasteiger partial charge in [-0.3, -0.25) is 24.6 Å². The molecular formula is C31H31N3O7. The number of nitrogens with zero attached hydrogens (tertiary/aromatic N) is 3. The Balaban J connectivity index is 1.47. The Morgan fingerprint density at radius 2 is 1.73 bits per heavy atom. The molecule has 2 fully saturated rings. The Morgan fingerprint density at radius 1 is 1.02 bits per heavy atom. The van der Waals surface area contributed by atoms with E-state index in [1.54, 1.807) is 25.1 Å². The van der Waals surface area contributed by atoms with Gasteiger partial charge in [0.05, 0.1) is 29.8 Å². The Hall–Kier alpha value is -4.54. The van der Waals surface area contributed by atoms with E-state index in [0.717, 1.165) is 5.56 Å². The number of benzene rings is 3. The minimum atomic E-state index is -0.898. The van der Waals surface area contributed by atoms with Crippen LogP contribution in [0.15, 0.2) is 78.4 Å². The maximum atomic E-state index is 13.4. The second-order valence-corrected chi connectivity index (χ2v) is 10.0. The zero-order chi connectivity index (χ0) is 28.9. The predicted octanol–water partition coefficient (Wildman–Crippen LogP) is 4.24. The fourth-order valence-electron chi connectivity index (χ4n) is 5.19. The molecule has 1 unspecified atom stereocenters. The van der Waals surface area contributed by atoms with Crippen molar-refractivity contribution in [3.8, 4) is 5.75 Å². The van der Waals surface area contributed by atoms with Crippen LogP contribution in [0, 0.1) is 17.0 Å². The first-order chi connectivity index (χ1) is 19.8. The summed E-state index contributed by atoms with van der Waals surface area (Å²) in [6.07, 6.45) is 0. The number of carbonyl (C=O) groups is 2. The molecule has 2 aliphatic rings. The van der Waals surface area contributed by atoms with E-state index in [4.69, 9.17) is 9.47 Å². The molecule has 1 atom stereocenters. The van der Waals surface area contributed by atoms with Gasteiger partial charge in [0.15, 0.2) is 0 Å². The molecule has 2 saturated heterocycles. The monoisotopic (exact) mass is 557 g/mol. The van der Waals surface area contributed by atoms with E-state index in [2.05, 4.69) is 4.90 Å². The normalized spacial score (nSPS) is 19.0. The fourth-order valence-corrected chi connectivity index (χ4v) is 5.19. The third-order valence-electron chi connectivity index (χ3n) is 7.42. The highest BCUT2D eigenvalue weighted by atomic mass is 16.6. The molecule has 3 aromatic carbocycles. The molecule has 2 aliphatic heterocycles. The van der Waals surface area contributed by atoms with Gasteiger partial charge in [-0.1, -0.05) is 30.3 Å². The quantitative estimate of drug-likeness (QED) is 0.136. The topological polar surface area (TPSA) is 122 Å². The van der Waals surface area contributed by atoms with E-state index in [0.29, 0.717) is 61.9 Å². The number of aryl methyl sites for hydroxylation is 1. The summed E-state index contributed by atoms with van der Waals surface area (Å²) in [4.78, 5) is 41.0. The maximum absolute atomic E-state index is 13.4. The molecule has 5 rings (SSSR count). The molecule has 0 aromatic heterocycles. The number of aliphatic hydroxyl groups excluding tert-OH is 1. The molecule has 212 valence electrons. The molecule has 3 aromatic rings. The first kappa shape index (κ1) is 28.0. The summed E-state index contributed by atoms with van der Waals surface area (Å²) in [7, 11) is 0. The van der Waals surface area contributed by atoms with Crippen molar-refractivity contribution >= 4 is 23.1 Å². The summed E-state index contributed by atoms with van der Waals surface area (Å²) in [6, 6.07) is 19.7. The first-order valence-corrected chi connectivity index (χ1v) is 13.4. The number of amides is 1. The standard InChI is InChI=1S/C31H31N3O7/c1-21-19-25(41-20-22-5-3-2-4-6-22)11-12-26(21)29(35)27-28(23-7-9-24(10-8-23)34(38)39)33(31(37)30(27)36)14-13-32-15-17-40-18-16-32/h2-12,19,28,35H,13-18,20H2,1H3. The number of hydrogen-bond donors (Lipinski definition) is 1. The van der Waals surface area contributed by atoms with Gasteiger partial charge in [-0.25, -0.2) is 0 Å². The summed E-state index contributed by atoms with van der Waals surface area (Å²) in [5.41, 5.74) is 2.41. The van der Waals surface area contributed by atoms with Crippen LogP contribution in [0.1, 0.15) is 28.3 Å². The highest BCUT2D eigenvalue weighted by Crippen LogP contribution is 2.40. The number of hydrogen-bond acceptors (Lipinski definition) is 8. The zero-order valence-electron chi connectivity index (χ0n) is 22.7. The van der Waals surface area contributed by atoms with Crippen LogP contribution in [-0.4, -0.2) is 70.9 Å². The van der Waals surface area contributed by atoms with Gasteiger partial charge in [0.2, 0.25) is 0 Å². The smallest absolute Gasteiger partial charge is 0.295 e. The number of carbonyl (C=O) groups excluding carboxylic acids is 2. The number of nitro groups is 1. The number of ketones is 1. The highest BCUT2D eigenvalue weighted by Gasteiger charge is 2.46. The van der Waals surface area contributed by atoms with Crippen LogP contribution in [0.2, 0.25) is 0 Å². The lowest BCUT2D eigenvalue weighted by atomic mass is 9.93. The molecule has 0 saturated carbocycles. The van der Waals surface area contributed by atoms with Gasteiger partial charge in [-0.05, 0) is 53.9 Å². The van der Waals surface area contributed by atoms with E-state index in [9.17, 15) is 24.8 Å². The third-order valence-corrected chi connectivity index (χ3v) is 7.42. The number of rotatable bonds is 9. The molecule has 41 heavy (non-hydrogen) atoms. The number of morpholine rings is 1. The van der Waals surface area contributed by atoms with Gasteiger partial charge in [0, 0.05) is 43.9 Å². The maximum Gasteiger partial charge on any atom is 0.295 e. The number of ether oxygens (including phenoxy) is 2. The van der Waals surface area contributed by atoms with Crippen LogP contribution < -0.4 is 4.74 Å². The van der Waals surface area contributed by atoms with Crippen LogP contribution in [0.4, 0.5) is 5.69 Å². The SMILES string of the molecule is Cc1cc(OCc2ccccc2)ccc1C(O)=C1C(=O)C(=O)N(CCN2CCOCC2)C1c1ccc([N+](=O)[O-])cc1. The van der Waals surface area contributed by atoms with Crippen molar-refractivity contribution in [2.24, 2.45) is 0 Å². The van der Waals surface area contributed by atoms with Gasteiger partial charge in [0.25, 0.3) is 17.4 Å². The van der Waals surface area contributed by atoms with E-state index in [-0.39, 0.29) is 23.6 Å². The van der Waals surface area contributed by atoms with E-state index in [1.165, 1.54) is 29.2 Å². The Kier molecular flexibility index (Phi) is 8.42. The number of nitro benzene ring substituents is 1. The molecule has 10 heteroatoms. The molecule has 2 heterocycles. The van der Waals surface area contributed by atoms with Gasteiger partial charge < -0.3 is 19.5 Å². The van der Waals surface area contributed by atoms with Gasteiger partial charge >= 0.3 is 0 Å². The number of aliphatic hydroxyl groups is 1. The first-order valence-electron chi connectivity index (χ1n) is 13.4. The summed E-state index contributed by atoms with van der Waals surface area (Å²) < 4.78 is 11.3. The van der Waals surface area contributed by atoms with Crippen LogP contribution in [0.5, 0.6) is 5.75 Å². The predicted molar refractivity (Wildman–Crippen MR) is 151 cm³/mol. The van der Waals surface area contributed by atoms with Crippen LogP contribution in [0.25, 0.3) is 5.76 Å². The van der Waals surface area contributed by atoms with Crippen LogP contribution in [-0.2, 0) is 20.9 Å². The van der Waals surface area contributed by atoms with Crippen molar-refractivity contribution in [2.75, 3.05) is 39.4 Å². The number of non-ortho nitro benzene ring substituents is 1. The summed E-state index contributed by atoms with van der Waals surface area (Å²) >= 11 is 0. The largest absolute Gasteiger partial charge is 0.507 e. The zero-order valence-corrected chi connectivity index (χ0v) is 22.7. The Bertz CT molecular complexity index is 1460. The van der Waals surface area contributed by atoms with Gasteiger partial charge in [-0.15, -0.1) is 0 Å². The fraction of sp³-hybridized carbons (Fsp3) is 0.290. The van der Waals surface area contributed by atoms with Crippen molar-refractivity contribution in [3.05, 3.63) is 111 Å². The molecule has 0 spiro atoms. The van der Waals surface area contributed by atoms with Gasteiger partial charge in [0.1, 0.15) is 18.1 Å². The number of likely N-dealkylation sites (tertiary alicyclic amines) is 1. The lowest BCUT2D eigenvalue weighted by Gasteiger charge is -2.31. The van der Waals surface area contributed by atoms with Crippen molar-refractivity contribution in [2.45, 2.75) is 19.6 Å². The van der Waals surface area contributed by atoms with Crippen LogP contribution >= 0.6 is 0 Å². The molecule has 10 nitrogen and oxygen atoms in total. The second-order valence-electron chi connectivity index (χ2n) is 10.0. The Morgan fingerprint density at radius 3 is 2.39 bits per heavy atom. The molecule has 0 aliphatic carbocycles. The van der Waals surface area contributed by atoms with E-state index in [1.807, 2.05) is 30.3 Å². The minimum Gasteiger partial charge on any atom is -0.507 e. The molecule has 0 radical (unpaired) electrons.